The summed E-state index contributed by atoms with van der Waals surface area (Å²) >= 11 is 5.75. The van der Waals surface area contributed by atoms with Crippen molar-refractivity contribution in [1.29, 1.82) is 0 Å². The summed E-state index contributed by atoms with van der Waals surface area (Å²) in [5, 5.41) is 12.3. The average Bonchev–Trinajstić information content (AvgIpc) is 2.91. The van der Waals surface area contributed by atoms with E-state index in [0.717, 1.165) is 5.56 Å². The maximum atomic E-state index is 11.7. The fraction of sp³-hybridized carbons (Fsp3) is 0.214. The van der Waals surface area contributed by atoms with Crippen LogP contribution in [0, 0.1) is 0 Å². The van der Waals surface area contributed by atoms with E-state index in [1.54, 1.807) is 48.4 Å². The third-order valence-corrected chi connectivity index (χ3v) is 3.00. The minimum Gasteiger partial charge on any atom is -0.334 e. The second kappa shape index (κ2) is 7.46. The van der Waals surface area contributed by atoms with E-state index in [2.05, 4.69) is 21.0 Å². The summed E-state index contributed by atoms with van der Waals surface area (Å²) < 4.78 is 1.65. The standard InChI is InChI=1S/C14H16ClN5O2/c1-20-9-10(7-18-20)6-16-14(22)17-8-13(21)19-12-4-2-11(15)3-5-12/h2-5,7,9H,6,8H2,1H3,(H,19,21)(H2,16,17,22). The molecular formula is C14H16ClN5O2. The molecule has 0 aliphatic carbocycles. The average molecular weight is 322 g/mol. The van der Waals surface area contributed by atoms with Gasteiger partial charge in [-0.3, -0.25) is 9.48 Å². The van der Waals surface area contributed by atoms with Crippen molar-refractivity contribution in [3.63, 3.8) is 0 Å². The van der Waals surface area contributed by atoms with Crippen molar-refractivity contribution in [1.82, 2.24) is 20.4 Å². The number of anilines is 1. The van der Waals surface area contributed by atoms with Gasteiger partial charge in [0, 0.05) is 36.1 Å². The molecule has 7 nitrogen and oxygen atoms in total. The highest BCUT2D eigenvalue weighted by Crippen LogP contribution is 2.12. The molecule has 0 saturated heterocycles. The van der Waals surface area contributed by atoms with Gasteiger partial charge < -0.3 is 16.0 Å². The molecular weight excluding hydrogens is 306 g/mol. The summed E-state index contributed by atoms with van der Waals surface area (Å²) in [6.07, 6.45) is 3.46. The van der Waals surface area contributed by atoms with Crippen LogP contribution in [-0.2, 0) is 18.4 Å². The Hall–Kier alpha value is -2.54. The molecule has 0 bridgehead atoms. The van der Waals surface area contributed by atoms with Crippen LogP contribution in [-0.4, -0.2) is 28.3 Å². The van der Waals surface area contributed by atoms with Crippen LogP contribution in [0.15, 0.2) is 36.7 Å². The summed E-state index contributed by atoms with van der Waals surface area (Å²) in [5.41, 5.74) is 1.50. The number of aromatic nitrogens is 2. The first-order valence-corrected chi connectivity index (χ1v) is 6.95. The third-order valence-electron chi connectivity index (χ3n) is 2.75. The number of aryl methyl sites for hydroxylation is 1. The van der Waals surface area contributed by atoms with Gasteiger partial charge in [-0.15, -0.1) is 0 Å². The Bertz CT molecular complexity index is 654. The molecule has 8 heteroatoms. The van der Waals surface area contributed by atoms with Crippen molar-refractivity contribution in [3.05, 3.63) is 47.2 Å². The van der Waals surface area contributed by atoms with Gasteiger partial charge in [-0.25, -0.2) is 4.79 Å². The zero-order valence-corrected chi connectivity index (χ0v) is 12.7. The zero-order valence-electron chi connectivity index (χ0n) is 12.0. The summed E-state index contributed by atoms with van der Waals surface area (Å²) in [7, 11) is 1.80. The van der Waals surface area contributed by atoms with Gasteiger partial charge >= 0.3 is 6.03 Å². The minimum absolute atomic E-state index is 0.124. The first kappa shape index (κ1) is 15.8. The van der Waals surface area contributed by atoms with Gasteiger partial charge in [0.15, 0.2) is 0 Å². The van der Waals surface area contributed by atoms with Gasteiger partial charge in [-0.1, -0.05) is 11.6 Å². The van der Waals surface area contributed by atoms with E-state index in [9.17, 15) is 9.59 Å². The number of hydrogen-bond acceptors (Lipinski definition) is 3. The molecule has 0 radical (unpaired) electrons. The molecule has 0 spiro atoms. The Balaban J connectivity index is 1.69. The Morgan fingerprint density at radius 1 is 1.23 bits per heavy atom. The predicted molar refractivity (Wildman–Crippen MR) is 83.5 cm³/mol. The Morgan fingerprint density at radius 3 is 2.59 bits per heavy atom. The van der Waals surface area contributed by atoms with Crippen molar-refractivity contribution in [2.45, 2.75) is 6.54 Å². The summed E-state index contributed by atoms with van der Waals surface area (Å²) in [4.78, 5) is 23.3. The summed E-state index contributed by atoms with van der Waals surface area (Å²) in [5.74, 6) is -0.321. The van der Waals surface area contributed by atoms with Crippen molar-refractivity contribution in [2.75, 3.05) is 11.9 Å². The molecule has 1 heterocycles. The topological polar surface area (TPSA) is 88.0 Å². The number of rotatable bonds is 5. The molecule has 1 aromatic heterocycles. The number of nitrogens with one attached hydrogen (secondary N) is 3. The maximum absolute atomic E-state index is 11.7. The van der Waals surface area contributed by atoms with Gasteiger partial charge in [-0.2, -0.15) is 5.10 Å². The first-order chi connectivity index (χ1) is 10.5. The normalized spacial score (nSPS) is 10.1. The maximum Gasteiger partial charge on any atom is 0.315 e. The molecule has 3 amide bonds. The highest BCUT2D eigenvalue weighted by atomic mass is 35.5. The van der Waals surface area contributed by atoms with E-state index in [0.29, 0.717) is 17.3 Å². The molecule has 0 fully saturated rings. The number of urea groups is 1. The van der Waals surface area contributed by atoms with Crippen molar-refractivity contribution in [3.8, 4) is 0 Å². The monoisotopic (exact) mass is 321 g/mol. The largest absolute Gasteiger partial charge is 0.334 e. The lowest BCUT2D eigenvalue weighted by Gasteiger charge is -2.08. The Kier molecular flexibility index (Phi) is 5.37. The number of amides is 3. The van der Waals surface area contributed by atoms with Crippen LogP contribution < -0.4 is 16.0 Å². The number of nitrogens with zero attached hydrogens (tertiary/aromatic N) is 2. The first-order valence-electron chi connectivity index (χ1n) is 6.57. The fourth-order valence-electron chi connectivity index (χ4n) is 1.71. The molecule has 0 aliphatic heterocycles. The molecule has 0 unspecified atom stereocenters. The van der Waals surface area contributed by atoms with Crippen molar-refractivity contribution < 1.29 is 9.59 Å². The smallest absolute Gasteiger partial charge is 0.315 e. The molecule has 0 aliphatic rings. The van der Waals surface area contributed by atoms with Crippen molar-refractivity contribution in [2.24, 2.45) is 7.05 Å². The number of benzene rings is 1. The van der Waals surface area contributed by atoms with Crippen LogP contribution in [0.25, 0.3) is 0 Å². The summed E-state index contributed by atoms with van der Waals surface area (Å²) in [6, 6.07) is 6.29. The number of hydrogen-bond donors (Lipinski definition) is 3. The Labute approximate surface area is 132 Å². The van der Waals surface area contributed by atoms with Crippen LogP contribution in [0.5, 0.6) is 0 Å². The van der Waals surface area contributed by atoms with E-state index < -0.39 is 6.03 Å². The SMILES string of the molecule is Cn1cc(CNC(=O)NCC(=O)Nc2ccc(Cl)cc2)cn1. The molecule has 0 saturated carbocycles. The van der Waals surface area contributed by atoms with E-state index in [1.165, 1.54) is 0 Å². The van der Waals surface area contributed by atoms with Gasteiger partial charge in [0.05, 0.1) is 12.7 Å². The van der Waals surface area contributed by atoms with Gasteiger partial charge in [0.2, 0.25) is 5.91 Å². The number of carbonyl (C=O) groups excluding carboxylic acids is 2. The van der Waals surface area contributed by atoms with E-state index in [4.69, 9.17) is 11.6 Å². The lowest BCUT2D eigenvalue weighted by atomic mass is 10.3. The van der Waals surface area contributed by atoms with E-state index in [1.807, 2.05) is 0 Å². The molecule has 0 atom stereocenters. The highest BCUT2D eigenvalue weighted by molar-refractivity contribution is 6.30. The third kappa shape index (κ3) is 5.10. The number of halogens is 1. The second-order valence-corrected chi connectivity index (χ2v) is 5.05. The predicted octanol–water partition coefficient (Wildman–Crippen LogP) is 1.51. The van der Waals surface area contributed by atoms with Crippen LogP contribution in [0.2, 0.25) is 5.02 Å². The minimum atomic E-state index is -0.421. The second-order valence-electron chi connectivity index (χ2n) is 4.61. The molecule has 2 rings (SSSR count). The highest BCUT2D eigenvalue weighted by Gasteiger charge is 2.06. The molecule has 1 aromatic carbocycles. The molecule has 2 aromatic rings. The van der Waals surface area contributed by atoms with E-state index in [-0.39, 0.29) is 12.5 Å². The van der Waals surface area contributed by atoms with Gasteiger partial charge in [0.25, 0.3) is 0 Å². The quantitative estimate of drug-likeness (QED) is 0.780. The van der Waals surface area contributed by atoms with Gasteiger partial charge in [-0.05, 0) is 24.3 Å². The lowest BCUT2D eigenvalue weighted by molar-refractivity contribution is -0.115. The molecule has 3 N–H and O–H groups in total. The lowest BCUT2D eigenvalue weighted by Crippen LogP contribution is -2.39. The summed E-state index contributed by atoms with van der Waals surface area (Å²) in [6.45, 7) is 0.222. The molecule has 22 heavy (non-hydrogen) atoms. The molecule has 116 valence electrons. The van der Waals surface area contributed by atoms with E-state index >= 15 is 0 Å². The van der Waals surface area contributed by atoms with Crippen molar-refractivity contribution >= 4 is 29.2 Å². The zero-order chi connectivity index (χ0) is 15.9. The Morgan fingerprint density at radius 2 is 1.95 bits per heavy atom. The van der Waals surface area contributed by atoms with Crippen LogP contribution in [0.1, 0.15) is 5.56 Å². The van der Waals surface area contributed by atoms with Crippen LogP contribution in [0.4, 0.5) is 10.5 Å². The van der Waals surface area contributed by atoms with Gasteiger partial charge in [0.1, 0.15) is 0 Å². The fourth-order valence-corrected chi connectivity index (χ4v) is 1.83. The number of carbonyl (C=O) groups is 2. The van der Waals surface area contributed by atoms with Crippen LogP contribution in [0.3, 0.4) is 0 Å². The van der Waals surface area contributed by atoms with Crippen LogP contribution >= 0.6 is 11.6 Å².